The number of phenolic OH excluding ortho intramolecular Hbond substituents is 1. The molecule has 0 aliphatic carbocycles. The van der Waals surface area contributed by atoms with E-state index in [-0.39, 0.29) is 0 Å². The molecule has 1 unspecified atom stereocenters. The van der Waals surface area contributed by atoms with Crippen LogP contribution in [0.4, 0.5) is 5.69 Å². The van der Waals surface area contributed by atoms with Crippen molar-refractivity contribution in [1.29, 1.82) is 0 Å². The fraction of sp³-hybridized carbons (Fsp3) is 0.250. The second-order valence-corrected chi connectivity index (χ2v) is 6.20. The molecule has 1 atom stereocenters. The van der Waals surface area contributed by atoms with Crippen molar-refractivity contribution in [3.8, 4) is 5.75 Å². The van der Waals surface area contributed by atoms with E-state index in [1.165, 1.54) is 5.56 Å². The highest BCUT2D eigenvalue weighted by Crippen LogP contribution is 2.26. The maximum atomic E-state index is 9.25. The number of rotatable bonds is 5. The van der Waals surface area contributed by atoms with Gasteiger partial charge in [0.1, 0.15) is 5.75 Å². The lowest BCUT2D eigenvalue weighted by atomic mass is 10.1. The Balaban J connectivity index is 1.90. The highest BCUT2D eigenvalue weighted by atomic mass is 79.9. The average Bonchev–Trinajstić information content (AvgIpc) is 2.42. The zero-order chi connectivity index (χ0) is 14.5. The molecule has 0 aliphatic rings. The van der Waals surface area contributed by atoms with Crippen LogP contribution in [-0.4, -0.2) is 11.1 Å². The van der Waals surface area contributed by atoms with E-state index >= 15 is 0 Å². The maximum absolute atomic E-state index is 9.25. The number of benzene rings is 2. The van der Waals surface area contributed by atoms with Crippen molar-refractivity contribution in [2.24, 2.45) is 0 Å². The van der Waals surface area contributed by atoms with Crippen molar-refractivity contribution in [2.45, 2.75) is 25.8 Å². The number of anilines is 1. The molecule has 0 heterocycles. The lowest BCUT2D eigenvalue weighted by Crippen LogP contribution is -2.16. The second-order valence-electron chi connectivity index (χ2n) is 4.87. The molecule has 106 valence electrons. The Labute approximate surface area is 132 Å². The van der Waals surface area contributed by atoms with Crippen LogP contribution in [0.3, 0.4) is 0 Å². The molecule has 0 saturated heterocycles. The first kappa shape index (κ1) is 15.2. The minimum Gasteiger partial charge on any atom is -0.508 e. The van der Waals surface area contributed by atoms with Gasteiger partial charge >= 0.3 is 0 Å². The first-order chi connectivity index (χ1) is 9.54. The van der Waals surface area contributed by atoms with E-state index in [1.54, 1.807) is 12.1 Å². The van der Waals surface area contributed by atoms with Gasteiger partial charge in [0.05, 0.1) is 10.7 Å². The number of phenols is 1. The number of aryl methyl sites for hydroxylation is 1. The van der Waals surface area contributed by atoms with Crippen LogP contribution in [0, 0.1) is 0 Å². The summed E-state index contributed by atoms with van der Waals surface area (Å²) in [5.74, 6) is 0.306. The monoisotopic (exact) mass is 353 g/mol. The first-order valence-corrected chi connectivity index (χ1v) is 7.71. The van der Waals surface area contributed by atoms with E-state index in [0.717, 1.165) is 28.0 Å². The molecule has 0 fully saturated rings. The quantitative estimate of drug-likeness (QED) is 0.769. The Morgan fingerprint density at radius 2 is 1.90 bits per heavy atom. The van der Waals surface area contributed by atoms with E-state index in [0.29, 0.717) is 11.8 Å². The summed E-state index contributed by atoms with van der Waals surface area (Å²) in [6.45, 7) is 2.14. The highest BCUT2D eigenvalue weighted by molar-refractivity contribution is 9.10. The van der Waals surface area contributed by atoms with Gasteiger partial charge in [-0.25, -0.2) is 0 Å². The predicted octanol–water partition coefficient (Wildman–Crippen LogP) is 5.24. The lowest BCUT2D eigenvalue weighted by Gasteiger charge is -2.16. The molecule has 0 bridgehead atoms. The fourth-order valence-corrected chi connectivity index (χ4v) is 2.52. The zero-order valence-electron chi connectivity index (χ0n) is 11.2. The van der Waals surface area contributed by atoms with Crippen molar-refractivity contribution in [2.75, 3.05) is 5.32 Å². The molecule has 2 rings (SSSR count). The summed E-state index contributed by atoms with van der Waals surface area (Å²) in [6.07, 6.45) is 1.95. The number of aromatic hydroxyl groups is 1. The summed E-state index contributed by atoms with van der Waals surface area (Å²) in [7, 11) is 0. The Morgan fingerprint density at radius 1 is 1.20 bits per heavy atom. The normalized spacial score (nSPS) is 12.2. The van der Waals surface area contributed by atoms with Gasteiger partial charge in [-0.3, -0.25) is 0 Å². The van der Waals surface area contributed by atoms with Crippen LogP contribution in [0.15, 0.2) is 46.9 Å². The topological polar surface area (TPSA) is 32.3 Å². The number of halogens is 2. The molecular weight excluding hydrogens is 338 g/mol. The van der Waals surface area contributed by atoms with Gasteiger partial charge in [0, 0.05) is 10.5 Å². The molecule has 2 aromatic carbocycles. The smallest absolute Gasteiger partial charge is 0.115 e. The first-order valence-electron chi connectivity index (χ1n) is 6.54. The third-order valence-electron chi connectivity index (χ3n) is 3.13. The summed E-state index contributed by atoms with van der Waals surface area (Å²) in [5.41, 5.74) is 2.16. The SMILES string of the molecule is CC(CCc1ccc(O)cc1)Nc1cc(Br)ccc1Cl. The van der Waals surface area contributed by atoms with E-state index in [1.807, 2.05) is 30.3 Å². The summed E-state index contributed by atoms with van der Waals surface area (Å²) in [5, 5.41) is 13.4. The maximum Gasteiger partial charge on any atom is 0.115 e. The molecule has 20 heavy (non-hydrogen) atoms. The average molecular weight is 355 g/mol. The van der Waals surface area contributed by atoms with Crippen molar-refractivity contribution < 1.29 is 5.11 Å². The molecule has 2 aromatic rings. The molecule has 0 amide bonds. The van der Waals surface area contributed by atoms with Gasteiger partial charge < -0.3 is 10.4 Å². The standard InChI is InChI=1S/C16H17BrClNO/c1-11(2-3-12-4-7-14(20)8-5-12)19-16-10-13(17)6-9-15(16)18/h4-11,19-20H,2-3H2,1H3. The highest BCUT2D eigenvalue weighted by Gasteiger charge is 2.06. The van der Waals surface area contributed by atoms with Crippen LogP contribution in [0.1, 0.15) is 18.9 Å². The van der Waals surface area contributed by atoms with Crippen molar-refractivity contribution in [3.05, 3.63) is 57.5 Å². The molecule has 0 spiro atoms. The summed E-state index contributed by atoms with van der Waals surface area (Å²) < 4.78 is 1.01. The molecule has 0 radical (unpaired) electrons. The van der Waals surface area contributed by atoms with Gasteiger partial charge in [-0.2, -0.15) is 0 Å². The van der Waals surface area contributed by atoms with E-state index in [9.17, 15) is 5.11 Å². The van der Waals surface area contributed by atoms with Crippen LogP contribution in [0.25, 0.3) is 0 Å². The van der Waals surface area contributed by atoms with Crippen molar-refractivity contribution >= 4 is 33.2 Å². The number of nitrogens with one attached hydrogen (secondary N) is 1. The van der Waals surface area contributed by atoms with Crippen molar-refractivity contribution in [1.82, 2.24) is 0 Å². The summed E-state index contributed by atoms with van der Waals surface area (Å²) in [4.78, 5) is 0. The fourth-order valence-electron chi connectivity index (χ4n) is 1.99. The van der Waals surface area contributed by atoms with Crippen LogP contribution < -0.4 is 5.32 Å². The van der Waals surface area contributed by atoms with Crippen molar-refractivity contribution in [3.63, 3.8) is 0 Å². The molecule has 2 nitrogen and oxygen atoms in total. The minimum atomic E-state index is 0.306. The van der Waals surface area contributed by atoms with E-state index in [2.05, 4.69) is 28.2 Å². The number of hydrogen-bond donors (Lipinski definition) is 2. The summed E-state index contributed by atoms with van der Waals surface area (Å²) >= 11 is 9.61. The molecule has 4 heteroatoms. The minimum absolute atomic E-state index is 0.306. The van der Waals surface area contributed by atoms with Gasteiger partial charge in [-0.1, -0.05) is 39.7 Å². The van der Waals surface area contributed by atoms with E-state index < -0.39 is 0 Å². The van der Waals surface area contributed by atoms with Crippen LogP contribution in [-0.2, 0) is 6.42 Å². The lowest BCUT2D eigenvalue weighted by molar-refractivity contribution is 0.475. The molecule has 0 aliphatic heterocycles. The Hall–Kier alpha value is -1.19. The molecule has 0 saturated carbocycles. The van der Waals surface area contributed by atoms with Crippen LogP contribution >= 0.6 is 27.5 Å². The Kier molecular flexibility index (Phi) is 5.32. The predicted molar refractivity (Wildman–Crippen MR) is 88.7 cm³/mol. The second kappa shape index (κ2) is 7.00. The van der Waals surface area contributed by atoms with Gasteiger partial charge in [0.25, 0.3) is 0 Å². The zero-order valence-corrected chi connectivity index (χ0v) is 13.6. The Morgan fingerprint density at radius 3 is 2.60 bits per heavy atom. The number of hydrogen-bond acceptors (Lipinski definition) is 2. The van der Waals surface area contributed by atoms with Gasteiger partial charge in [-0.15, -0.1) is 0 Å². The van der Waals surface area contributed by atoms with Gasteiger partial charge in [-0.05, 0) is 55.7 Å². The molecule has 2 N–H and O–H groups in total. The largest absolute Gasteiger partial charge is 0.508 e. The molecular formula is C16H17BrClNO. The van der Waals surface area contributed by atoms with Gasteiger partial charge in [0.15, 0.2) is 0 Å². The van der Waals surface area contributed by atoms with Crippen LogP contribution in [0.5, 0.6) is 5.75 Å². The third kappa shape index (κ3) is 4.43. The Bertz CT molecular complexity index is 571. The van der Waals surface area contributed by atoms with Gasteiger partial charge in [0.2, 0.25) is 0 Å². The van der Waals surface area contributed by atoms with Crippen LogP contribution in [0.2, 0.25) is 5.02 Å². The molecule has 0 aromatic heterocycles. The van der Waals surface area contributed by atoms with E-state index in [4.69, 9.17) is 11.6 Å². The third-order valence-corrected chi connectivity index (χ3v) is 3.96. The summed E-state index contributed by atoms with van der Waals surface area (Å²) in [6, 6.07) is 13.4.